The first-order chi connectivity index (χ1) is 16.6. The zero-order chi connectivity index (χ0) is 26.2. The molecular formula is C25H34N2O8. The predicted octanol–water partition coefficient (Wildman–Crippen LogP) is 4.11. The lowest BCUT2D eigenvalue weighted by molar-refractivity contribution is -0.385. The van der Waals surface area contributed by atoms with E-state index >= 15 is 0 Å². The third-order valence-electron chi connectivity index (χ3n) is 6.14. The summed E-state index contributed by atoms with van der Waals surface area (Å²) in [6.07, 6.45) is 1.54. The Morgan fingerprint density at radius 3 is 2.00 bits per heavy atom. The van der Waals surface area contributed by atoms with E-state index in [9.17, 15) is 29.9 Å². The Morgan fingerprint density at radius 2 is 1.51 bits per heavy atom. The maximum atomic E-state index is 12.8. The third kappa shape index (κ3) is 5.88. The molecular weight excluding hydrogens is 456 g/mol. The van der Waals surface area contributed by atoms with Gasteiger partial charge in [0.15, 0.2) is 0 Å². The van der Waals surface area contributed by atoms with Crippen LogP contribution in [-0.4, -0.2) is 64.9 Å². The van der Waals surface area contributed by atoms with E-state index < -0.39 is 22.3 Å². The monoisotopic (exact) mass is 490 g/mol. The number of hydrogen-bond donors (Lipinski definition) is 2. The van der Waals surface area contributed by atoms with Crippen LogP contribution in [-0.2, 0) is 24.5 Å². The van der Waals surface area contributed by atoms with Crippen LogP contribution in [0.25, 0.3) is 0 Å². The summed E-state index contributed by atoms with van der Waals surface area (Å²) in [6.45, 7) is 8.73. The van der Waals surface area contributed by atoms with E-state index in [-0.39, 0.29) is 48.6 Å². The van der Waals surface area contributed by atoms with Crippen molar-refractivity contribution in [1.29, 1.82) is 0 Å². The fourth-order valence-corrected chi connectivity index (χ4v) is 4.72. The Labute approximate surface area is 205 Å². The Hall–Kier alpha value is -3.24. The summed E-state index contributed by atoms with van der Waals surface area (Å²) in [6, 6.07) is 5.53. The fraction of sp³-hybridized carbons (Fsp3) is 0.520. The molecule has 0 saturated heterocycles. The number of hydrogen-bond acceptors (Lipinski definition) is 7. The lowest BCUT2D eigenvalue weighted by atomic mass is 9.63. The number of nitro groups is 1. The van der Waals surface area contributed by atoms with Gasteiger partial charge in [-0.05, 0) is 38.7 Å². The molecule has 0 atom stereocenters. The Balaban J connectivity index is 2.82. The van der Waals surface area contributed by atoms with E-state index in [1.54, 1.807) is 24.8 Å². The first-order valence-corrected chi connectivity index (χ1v) is 11.7. The minimum atomic E-state index is -1.66. The smallest absolute Gasteiger partial charge is 0.334 e. The van der Waals surface area contributed by atoms with Crippen molar-refractivity contribution >= 4 is 17.6 Å². The zero-order valence-corrected chi connectivity index (χ0v) is 20.7. The molecule has 2 N–H and O–H groups in total. The number of carboxylic acids is 2. The molecule has 0 amide bonds. The molecule has 1 aromatic rings. The van der Waals surface area contributed by atoms with Crippen molar-refractivity contribution in [1.82, 2.24) is 4.90 Å². The molecule has 0 radical (unpaired) electrons. The number of benzene rings is 1. The predicted molar refractivity (Wildman–Crippen MR) is 129 cm³/mol. The summed E-state index contributed by atoms with van der Waals surface area (Å²) < 4.78 is 11.2. The quantitative estimate of drug-likeness (QED) is 0.224. The number of carbonyl (C=O) groups is 2. The van der Waals surface area contributed by atoms with Gasteiger partial charge in [-0.15, -0.1) is 0 Å². The second-order valence-electron chi connectivity index (χ2n) is 8.37. The fourth-order valence-electron chi connectivity index (χ4n) is 4.72. The summed E-state index contributed by atoms with van der Waals surface area (Å²) in [5, 5.41) is 32.3. The first-order valence-electron chi connectivity index (χ1n) is 11.7. The molecule has 1 aliphatic rings. The van der Waals surface area contributed by atoms with Gasteiger partial charge in [0.2, 0.25) is 0 Å². The lowest BCUT2D eigenvalue weighted by Gasteiger charge is -2.45. The molecule has 1 aromatic carbocycles. The van der Waals surface area contributed by atoms with Crippen LogP contribution in [0.4, 0.5) is 5.69 Å². The summed E-state index contributed by atoms with van der Waals surface area (Å²) >= 11 is 0. The van der Waals surface area contributed by atoms with Gasteiger partial charge in [-0.25, -0.2) is 9.59 Å². The van der Waals surface area contributed by atoms with E-state index in [0.717, 1.165) is 12.8 Å². The van der Waals surface area contributed by atoms with Crippen LogP contribution in [0.15, 0.2) is 46.8 Å². The molecule has 2 rings (SSSR count). The minimum Gasteiger partial charge on any atom is -0.478 e. The van der Waals surface area contributed by atoms with E-state index in [4.69, 9.17) is 9.47 Å². The molecule has 0 saturated carbocycles. The van der Waals surface area contributed by atoms with Crippen molar-refractivity contribution in [2.75, 3.05) is 33.0 Å². The van der Waals surface area contributed by atoms with Gasteiger partial charge in [-0.1, -0.05) is 26.0 Å². The maximum absolute atomic E-state index is 12.8. The maximum Gasteiger partial charge on any atom is 0.334 e. The van der Waals surface area contributed by atoms with Gasteiger partial charge in [0, 0.05) is 49.9 Å². The van der Waals surface area contributed by atoms with E-state index in [1.165, 1.54) is 18.2 Å². The molecule has 0 unspecified atom stereocenters. The van der Waals surface area contributed by atoms with Crippen LogP contribution in [0.2, 0.25) is 0 Å². The van der Waals surface area contributed by atoms with Crippen molar-refractivity contribution in [2.45, 2.75) is 52.4 Å². The van der Waals surface area contributed by atoms with Crippen LogP contribution in [0.3, 0.4) is 0 Å². The highest BCUT2D eigenvalue weighted by Crippen LogP contribution is 2.50. The zero-order valence-electron chi connectivity index (χ0n) is 20.7. The van der Waals surface area contributed by atoms with Crippen LogP contribution in [0.1, 0.15) is 52.5 Å². The second-order valence-corrected chi connectivity index (χ2v) is 8.37. The molecule has 0 fully saturated rings. The van der Waals surface area contributed by atoms with Gasteiger partial charge in [0.1, 0.15) is 0 Å². The standard InChI is InChI=1S/C25H34N2O8/c1-5-12-34-14-10-25(19-8-7-9-20(16-19)27(32)33)21(23(28)29)17(3)26(11-15-35-13-6-2)18(4)22(25)24(30)31/h7-9,16H,5-6,10-15H2,1-4H3,(H,28,29)(H,30,31). The highest BCUT2D eigenvalue weighted by molar-refractivity contribution is 6.00. The van der Waals surface area contributed by atoms with Gasteiger partial charge in [0.05, 0.1) is 28.1 Å². The molecule has 0 aromatic heterocycles. The van der Waals surface area contributed by atoms with Gasteiger partial charge < -0.3 is 24.6 Å². The first kappa shape index (κ1) is 28.0. The minimum absolute atomic E-state index is 0.00765. The Kier molecular flexibility index (Phi) is 9.97. The summed E-state index contributed by atoms with van der Waals surface area (Å²) in [5.41, 5.74) is -1.25. The van der Waals surface area contributed by atoms with Crippen molar-refractivity contribution in [3.8, 4) is 0 Å². The number of rotatable bonds is 14. The van der Waals surface area contributed by atoms with Gasteiger partial charge in [-0.3, -0.25) is 10.1 Å². The molecule has 0 aliphatic carbocycles. The van der Waals surface area contributed by atoms with Crippen LogP contribution in [0.5, 0.6) is 0 Å². The number of nitro benzene ring substituents is 1. The molecule has 0 spiro atoms. The van der Waals surface area contributed by atoms with Gasteiger partial charge >= 0.3 is 11.9 Å². The van der Waals surface area contributed by atoms with Crippen molar-refractivity contribution < 1.29 is 34.2 Å². The number of non-ortho nitro benzene ring substituents is 1. The Morgan fingerprint density at radius 1 is 0.971 bits per heavy atom. The van der Waals surface area contributed by atoms with E-state index in [1.807, 2.05) is 13.8 Å². The van der Waals surface area contributed by atoms with Gasteiger partial charge in [0.25, 0.3) is 5.69 Å². The topological polar surface area (TPSA) is 139 Å². The number of nitrogens with zero attached hydrogens (tertiary/aromatic N) is 2. The second kappa shape index (κ2) is 12.5. The average molecular weight is 491 g/mol. The lowest BCUT2D eigenvalue weighted by Crippen LogP contribution is -2.47. The molecule has 0 bridgehead atoms. The highest BCUT2D eigenvalue weighted by Gasteiger charge is 2.52. The number of allylic oxidation sites excluding steroid dienone is 2. The molecule has 1 heterocycles. The number of ether oxygens (including phenoxy) is 2. The van der Waals surface area contributed by atoms with Crippen molar-refractivity contribution in [3.05, 3.63) is 62.5 Å². The van der Waals surface area contributed by atoms with Crippen LogP contribution >= 0.6 is 0 Å². The van der Waals surface area contributed by atoms with Crippen LogP contribution < -0.4 is 0 Å². The summed E-state index contributed by atoms with van der Waals surface area (Å²) in [4.78, 5) is 38.1. The van der Waals surface area contributed by atoms with Gasteiger partial charge in [-0.2, -0.15) is 0 Å². The van der Waals surface area contributed by atoms with E-state index in [0.29, 0.717) is 24.6 Å². The largest absolute Gasteiger partial charge is 0.478 e. The highest BCUT2D eigenvalue weighted by atomic mass is 16.6. The number of carboxylic acid groups (broad SMARTS) is 2. The summed E-state index contributed by atoms with van der Waals surface area (Å²) in [5.74, 6) is -2.59. The molecule has 35 heavy (non-hydrogen) atoms. The van der Waals surface area contributed by atoms with Crippen molar-refractivity contribution in [2.24, 2.45) is 0 Å². The molecule has 10 nitrogen and oxygen atoms in total. The van der Waals surface area contributed by atoms with E-state index in [2.05, 4.69) is 0 Å². The average Bonchev–Trinajstić information content (AvgIpc) is 2.80. The molecule has 192 valence electrons. The van der Waals surface area contributed by atoms with Crippen molar-refractivity contribution in [3.63, 3.8) is 0 Å². The third-order valence-corrected chi connectivity index (χ3v) is 6.14. The molecule has 1 aliphatic heterocycles. The molecule has 10 heteroatoms. The number of aliphatic carboxylic acids is 2. The summed E-state index contributed by atoms with van der Waals surface area (Å²) in [7, 11) is 0. The normalized spacial score (nSPS) is 15.5. The van der Waals surface area contributed by atoms with Crippen LogP contribution in [0, 0.1) is 10.1 Å². The SMILES string of the molecule is CCCOCCN1C(C)=C(C(=O)O)C(CCOCCC)(c2cccc([N+](=O)[O-])c2)C(C(=O)O)=C1C. The Bertz CT molecular complexity index is 976.